The molecule has 4 heterocycles. The van der Waals surface area contributed by atoms with Crippen molar-refractivity contribution in [2.45, 2.75) is 44.6 Å². The van der Waals surface area contributed by atoms with E-state index < -0.39 is 6.10 Å². The van der Waals surface area contributed by atoms with Crippen LogP contribution in [0.2, 0.25) is 0 Å². The fourth-order valence-corrected chi connectivity index (χ4v) is 5.02. The second-order valence-electron chi connectivity index (χ2n) is 8.94. The summed E-state index contributed by atoms with van der Waals surface area (Å²) in [6, 6.07) is 8.60. The van der Waals surface area contributed by atoms with Crippen molar-refractivity contribution in [2.24, 2.45) is 7.05 Å². The maximum Gasteiger partial charge on any atom is 0.166 e. The zero-order valence-electron chi connectivity index (χ0n) is 18.6. The Bertz CT molecular complexity index is 1370. The number of ether oxygens (including phenoxy) is 1. The minimum Gasteiger partial charge on any atom is -0.482 e. The quantitative estimate of drug-likeness (QED) is 0.460. The predicted molar refractivity (Wildman–Crippen MR) is 123 cm³/mol. The van der Waals surface area contributed by atoms with Crippen LogP contribution in [0, 0.1) is 5.82 Å². The summed E-state index contributed by atoms with van der Waals surface area (Å²) in [5.41, 5.74) is 12.8. The number of nitrogens with zero attached hydrogens (tertiary/aromatic N) is 5. The molecule has 1 aliphatic carbocycles. The molecule has 1 aromatic carbocycles. The molecule has 4 aromatic rings. The van der Waals surface area contributed by atoms with Gasteiger partial charge in [-0.2, -0.15) is 10.2 Å². The SMILES string of the molecule is CC1Oc2cc(cnc2N)-c2c(nn(C)c2C2CCC2)Cc2ccnn2-c2ccc(F)cc21. The zero-order valence-corrected chi connectivity index (χ0v) is 18.6. The number of pyridine rings is 1. The standard InChI is InChI=1S/C25H25FN6O/c1-14-19-11-17(26)6-7-21(19)32-18(8-9-29-32)12-20-23(16-10-22(33-14)25(27)28-13-16)24(31(2)30-20)15-4-3-5-15/h6-11,13-15H,3-5,12H2,1-2H3,(H2,27,28). The van der Waals surface area contributed by atoms with Crippen LogP contribution in [0.25, 0.3) is 16.8 Å². The minimum atomic E-state index is -0.467. The number of aromatic nitrogens is 5. The first kappa shape index (κ1) is 20.0. The van der Waals surface area contributed by atoms with Gasteiger partial charge in [-0.05, 0) is 50.1 Å². The van der Waals surface area contributed by atoms with Gasteiger partial charge in [0.25, 0.3) is 0 Å². The summed E-state index contributed by atoms with van der Waals surface area (Å²) in [7, 11) is 2.01. The van der Waals surface area contributed by atoms with Gasteiger partial charge in [0, 0.05) is 54.2 Å². The van der Waals surface area contributed by atoms with Crippen molar-refractivity contribution in [3.05, 3.63) is 71.2 Å². The van der Waals surface area contributed by atoms with Crippen LogP contribution in [0.5, 0.6) is 5.75 Å². The smallest absolute Gasteiger partial charge is 0.166 e. The lowest BCUT2D eigenvalue weighted by atomic mass is 9.80. The Kier molecular flexibility index (Phi) is 4.50. The van der Waals surface area contributed by atoms with Crippen LogP contribution in [-0.2, 0) is 13.5 Å². The van der Waals surface area contributed by atoms with Crippen LogP contribution in [-0.4, -0.2) is 24.5 Å². The highest BCUT2D eigenvalue weighted by molar-refractivity contribution is 5.73. The highest BCUT2D eigenvalue weighted by atomic mass is 19.1. The van der Waals surface area contributed by atoms with Crippen molar-refractivity contribution in [1.29, 1.82) is 0 Å². The summed E-state index contributed by atoms with van der Waals surface area (Å²) >= 11 is 0. The number of nitrogens with two attached hydrogens (primary N) is 1. The fourth-order valence-electron chi connectivity index (χ4n) is 5.02. The van der Waals surface area contributed by atoms with Crippen LogP contribution in [0.4, 0.5) is 10.2 Å². The number of fused-ring (bicyclic) bond motifs is 7. The highest BCUT2D eigenvalue weighted by Gasteiger charge is 2.30. The van der Waals surface area contributed by atoms with E-state index in [0.717, 1.165) is 41.0 Å². The van der Waals surface area contributed by atoms with Crippen molar-refractivity contribution < 1.29 is 9.13 Å². The van der Waals surface area contributed by atoms with Crippen LogP contribution in [0.1, 0.15) is 60.9 Å². The molecule has 1 unspecified atom stereocenters. The summed E-state index contributed by atoms with van der Waals surface area (Å²) in [5, 5.41) is 9.51. The van der Waals surface area contributed by atoms with Gasteiger partial charge in [0.1, 0.15) is 11.9 Å². The number of aryl methyl sites for hydroxylation is 1. The van der Waals surface area contributed by atoms with Gasteiger partial charge in [-0.15, -0.1) is 0 Å². The summed E-state index contributed by atoms with van der Waals surface area (Å²) in [6.45, 7) is 1.88. The van der Waals surface area contributed by atoms with Crippen molar-refractivity contribution >= 4 is 5.82 Å². The second kappa shape index (κ2) is 7.43. The van der Waals surface area contributed by atoms with E-state index >= 15 is 0 Å². The van der Waals surface area contributed by atoms with E-state index in [1.807, 2.05) is 35.5 Å². The number of hydrogen-bond donors (Lipinski definition) is 1. The van der Waals surface area contributed by atoms with E-state index in [9.17, 15) is 4.39 Å². The van der Waals surface area contributed by atoms with E-state index in [1.165, 1.54) is 24.2 Å². The van der Waals surface area contributed by atoms with Crippen LogP contribution >= 0.6 is 0 Å². The molecule has 0 saturated heterocycles. The number of benzene rings is 1. The molecule has 0 spiro atoms. The van der Waals surface area contributed by atoms with Gasteiger partial charge < -0.3 is 10.5 Å². The Morgan fingerprint density at radius 3 is 2.82 bits per heavy atom. The van der Waals surface area contributed by atoms with Crippen LogP contribution in [0.15, 0.2) is 42.7 Å². The minimum absolute atomic E-state index is 0.302. The molecule has 1 atom stereocenters. The van der Waals surface area contributed by atoms with Gasteiger partial charge in [-0.1, -0.05) is 6.42 Å². The molecule has 0 amide bonds. The Labute approximate surface area is 191 Å². The van der Waals surface area contributed by atoms with Gasteiger partial charge in [0.15, 0.2) is 11.6 Å². The third kappa shape index (κ3) is 3.20. The number of anilines is 1. The Morgan fingerprint density at radius 2 is 2.03 bits per heavy atom. The van der Waals surface area contributed by atoms with Gasteiger partial charge in [0.2, 0.25) is 0 Å². The van der Waals surface area contributed by atoms with Crippen LogP contribution < -0.4 is 10.5 Å². The summed E-state index contributed by atoms with van der Waals surface area (Å²) in [4.78, 5) is 4.45. The largest absolute Gasteiger partial charge is 0.482 e. The van der Waals surface area contributed by atoms with Gasteiger partial charge in [0.05, 0.1) is 17.1 Å². The molecule has 33 heavy (non-hydrogen) atoms. The number of hydrogen-bond acceptors (Lipinski definition) is 5. The molecule has 3 aromatic heterocycles. The van der Waals surface area contributed by atoms with Crippen molar-refractivity contribution in [3.63, 3.8) is 0 Å². The Hall–Kier alpha value is -3.68. The first-order valence-corrected chi connectivity index (χ1v) is 11.3. The van der Waals surface area contributed by atoms with Crippen LogP contribution in [0.3, 0.4) is 0 Å². The molecule has 1 aliphatic heterocycles. The zero-order chi connectivity index (χ0) is 22.7. The van der Waals surface area contributed by atoms with E-state index in [0.29, 0.717) is 29.5 Å². The molecule has 2 aliphatic rings. The molecule has 2 N–H and O–H groups in total. The van der Waals surface area contributed by atoms with E-state index in [2.05, 4.69) is 10.1 Å². The molecule has 7 nitrogen and oxygen atoms in total. The van der Waals surface area contributed by atoms with Crippen molar-refractivity contribution in [1.82, 2.24) is 24.5 Å². The number of rotatable bonds is 1. The molecule has 6 rings (SSSR count). The molecule has 1 saturated carbocycles. The van der Waals surface area contributed by atoms with Crippen molar-refractivity contribution in [3.8, 4) is 22.6 Å². The normalized spacial score (nSPS) is 17.6. The molecule has 8 heteroatoms. The molecule has 1 fully saturated rings. The Balaban J connectivity index is 1.62. The maximum absolute atomic E-state index is 14.2. The third-order valence-corrected chi connectivity index (χ3v) is 6.86. The molecular formula is C25H25FN6O. The molecular weight excluding hydrogens is 419 g/mol. The fraction of sp³-hybridized carbons (Fsp3) is 0.320. The lowest BCUT2D eigenvalue weighted by Crippen LogP contribution is -2.15. The maximum atomic E-state index is 14.2. The third-order valence-electron chi connectivity index (χ3n) is 6.86. The lowest BCUT2D eigenvalue weighted by Gasteiger charge is -2.27. The lowest BCUT2D eigenvalue weighted by molar-refractivity contribution is 0.226. The van der Waals surface area contributed by atoms with E-state index in [1.54, 1.807) is 18.5 Å². The van der Waals surface area contributed by atoms with E-state index in [4.69, 9.17) is 15.6 Å². The second-order valence-corrected chi connectivity index (χ2v) is 8.94. The summed E-state index contributed by atoms with van der Waals surface area (Å²) in [5.74, 6) is 0.928. The number of nitrogen functional groups attached to an aromatic ring is 1. The molecule has 168 valence electrons. The molecule has 2 bridgehead atoms. The predicted octanol–water partition coefficient (Wildman–Crippen LogP) is 4.70. The number of halogens is 1. The van der Waals surface area contributed by atoms with E-state index in [-0.39, 0.29) is 5.82 Å². The van der Waals surface area contributed by atoms with Gasteiger partial charge >= 0.3 is 0 Å². The molecule has 0 radical (unpaired) electrons. The van der Waals surface area contributed by atoms with Crippen molar-refractivity contribution in [2.75, 3.05) is 5.73 Å². The Morgan fingerprint density at radius 1 is 1.18 bits per heavy atom. The monoisotopic (exact) mass is 444 g/mol. The topological polar surface area (TPSA) is 83.8 Å². The summed E-state index contributed by atoms with van der Waals surface area (Å²) < 4.78 is 24.4. The average Bonchev–Trinajstić information content (AvgIpc) is 3.33. The first-order valence-electron chi connectivity index (χ1n) is 11.3. The van der Waals surface area contributed by atoms with Gasteiger partial charge in [-0.3, -0.25) is 4.68 Å². The average molecular weight is 445 g/mol. The summed E-state index contributed by atoms with van der Waals surface area (Å²) in [6.07, 6.45) is 7.23. The first-order chi connectivity index (χ1) is 16.0. The van der Waals surface area contributed by atoms with Gasteiger partial charge in [-0.25, -0.2) is 14.1 Å². The highest BCUT2D eigenvalue weighted by Crippen LogP contribution is 2.44.